The minimum Gasteiger partial charge on any atom is -0.497 e. The Hall–Kier alpha value is -2.83. The highest BCUT2D eigenvalue weighted by atomic mass is 35.5. The number of hydrogen-bond acceptors (Lipinski definition) is 5. The van der Waals surface area contributed by atoms with E-state index in [1.807, 2.05) is 30.3 Å². The lowest BCUT2D eigenvalue weighted by Gasteiger charge is -2.08. The van der Waals surface area contributed by atoms with Gasteiger partial charge in [-0.1, -0.05) is 29.3 Å². The SMILES string of the molecule is COc1cccc(Nc2ncnc3c2cnn3-c2ccc(Cl)c(Cl)c2)c1. The Balaban J connectivity index is 1.76. The molecular formula is C18H13Cl2N5O. The third-order valence-corrected chi connectivity index (χ3v) is 4.59. The molecule has 0 saturated carbocycles. The first kappa shape index (κ1) is 16.6. The maximum Gasteiger partial charge on any atom is 0.168 e. The topological polar surface area (TPSA) is 64.9 Å². The summed E-state index contributed by atoms with van der Waals surface area (Å²) in [7, 11) is 1.63. The van der Waals surface area contributed by atoms with Crippen LogP contribution < -0.4 is 10.1 Å². The first-order valence-corrected chi connectivity index (χ1v) is 8.46. The molecule has 4 aromatic rings. The minimum absolute atomic E-state index is 0.455. The highest BCUT2D eigenvalue weighted by Gasteiger charge is 2.12. The first-order chi connectivity index (χ1) is 12.7. The normalized spacial score (nSPS) is 10.9. The van der Waals surface area contributed by atoms with Crippen molar-refractivity contribution in [2.45, 2.75) is 0 Å². The molecular weight excluding hydrogens is 373 g/mol. The number of methoxy groups -OCH3 is 1. The smallest absolute Gasteiger partial charge is 0.168 e. The molecule has 0 spiro atoms. The molecule has 2 aromatic heterocycles. The summed E-state index contributed by atoms with van der Waals surface area (Å²) in [6.07, 6.45) is 3.20. The lowest BCUT2D eigenvalue weighted by atomic mass is 10.3. The fourth-order valence-corrected chi connectivity index (χ4v) is 2.88. The van der Waals surface area contributed by atoms with Crippen molar-refractivity contribution in [3.05, 3.63) is 65.0 Å². The van der Waals surface area contributed by atoms with Crippen LogP contribution in [0.15, 0.2) is 55.0 Å². The fourth-order valence-electron chi connectivity index (χ4n) is 2.59. The van der Waals surface area contributed by atoms with E-state index < -0.39 is 0 Å². The van der Waals surface area contributed by atoms with Gasteiger partial charge < -0.3 is 10.1 Å². The predicted molar refractivity (Wildman–Crippen MR) is 103 cm³/mol. The Morgan fingerprint density at radius 2 is 1.92 bits per heavy atom. The Morgan fingerprint density at radius 1 is 1.04 bits per heavy atom. The molecule has 2 heterocycles. The number of hydrogen-bond donors (Lipinski definition) is 1. The van der Waals surface area contributed by atoms with E-state index >= 15 is 0 Å². The molecule has 0 aliphatic heterocycles. The van der Waals surface area contributed by atoms with E-state index in [0.29, 0.717) is 21.5 Å². The second-order valence-electron chi connectivity index (χ2n) is 5.47. The van der Waals surface area contributed by atoms with E-state index in [2.05, 4.69) is 20.4 Å². The van der Waals surface area contributed by atoms with E-state index in [1.165, 1.54) is 6.33 Å². The second kappa shape index (κ2) is 6.82. The van der Waals surface area contributed by atoms with Gasteiger partial charge >= 0.3 is 0 Å². The molecule has 0 saturated heterocycles. The van der Waals surface area contributed by atoms with Crippen LogP contribution in [0.3, 0.4) is 0 Å². The molecule has 26 heavy (non-hydrogen) atoms. The van der Waals surface area contributed by atoms with E-state index in [9.17, 15) is 0 Å². The number of anilines is 2. The number of nitrogens with zero attached hydrogens (tertiary/aromatic N) is 4. The van der Waals surface area contributed by atoms with Crippen LogP contribution in [0.4, 0.5) is 11.5 Å². The molecule has 0 atom stereocenters. The Labute approximate surface area is 159 Å². The van der Waals surface area contributed by atoms with Gasteiger partial charge in [0.1, 0.15) is 17.9 Å². The number of nitrogens with one attached hydrogen (secondary N) is 1. The van der Waals surface area contributed by atoms with Crippen LogP contribution in [-0.4, -0.2) is 26.9 Å². The van der Waals surface area contributed by atoms with E-state index in [-0.39, 0.29) is 0 Å². The molecule has 0 bridgehead atoms. The van der Waals surface area contributed by atoms with Crippen molar-refractivity contribution in [1.82, 2.24) is 19.7 Å². The van der Waals surface area contributed by atoms with Crippen molar-refractivity contribution < 1.29 is 4.74 Å². The molecule has 0 aliphatic carbocycles. The van der Waals surface area contributed by atoms with Crippen molar-refractivity contribution in [3.63, 3.8) is 0 Å². The first-order valence-electron chi connectivity index (χ1n) is 7.71. The second-order valence-corrected chi connectivity index (χ2v) is 6.29. The zero-order chi connectivity index (χ0) is 18.1. The van der Waals surface area contributed by atoms with Gasteiger partial charge in [-0.05, 0) is 30.3 Å². The predicted octanol–water partition coefficient (Wildman–Crippen LogP) is 4.87. The number of fused-ring (bicyclic) bond motifs is 1. The largest absolute Gasteiger partial charge is 0.497 e. The molecule has 1 N–H and O–H groups in total. The number of ether oxygens (including phenoxy) is 1. The summed E-state index contributed by atoms with van der Waals surface area (Å²) in [5.74, 6) is 1.40. The highest BCUT2D eigenvalue weighted by Crippen LogP contribution is 2.28. The average Bonchev–Trinajstić information content (AvgIpc) is 3.09. The molecule has 0 aliphatic rings. The zero-order valence-electron chi connectivity index (χ0n) is 13.6. The maximum atomic E-state index is 6.12. The van der Waals surface area contributed by atoms with Crippen LogP contribution in [0.2, 0.25) is 10.0 Å². The van der Waals surface area contributed by atoms with Crippen LogP contribution in [0.25, 0.3) is 16.7 Å². The Kier molecular flexibility index (Phi) is 4.36. The van der Waals surface area contributed by atoms with Gasteiger partial charge in [0, 0.05) is 11.8 Å². The lowest BCUT2D eigenvalue weighted by Crippen LogP contribution is -1.99. The summed E-state index contributed by atoms with van der Waals surface area (Å²) >= 11 is 12.1. The standard InChI is InChI=1S/C18H13Cl2N5O/c1-26-13-4-2-3-11(7-13)24-17-14-9-23-25(18(14)22-10-21-17)12-5-6-15(19)16(20)8-12/h2-10H,1H3,(H,21,22,24). The summed E-state index contributed by atoms with van der Waals surface area (Å²) in [5.41, 5.74) is 2.27. The molecule has 4 rings (SSSR count). The number of halogens is 2. The Morgan fingerprint density at radius 3 is 2.73 bits per heavy atom. The average molecular weight is 386 g/mol. The quantitative estimate of drug-likeness (QED) is 0.542. The van der Waals surface area contributed by atoms with Gasteiger partial charge in [0.15, 0.2) is 5.65 Å². The molecule has 130 valence electrons. The number of aromatic nitrogens is 4. The third kappa shape index (κ3) is 3.05. The summed E-state index contributed by atoms with van der Waals surface area (Å²) in [5, 5.41) is 9.42. The molecule has 6 nitrogen and oxygen atoms in total. The third-order valence-electron chi connectivity index (χ3n) is 3.85. The van der Waals surface area contributed by atoms with Gasteiger partial charge in [0.25, 0.3) is 0 Å². The van der Waals surface area contributed by atoms with Crippen molar-refractivity contribution in [2.24, 2.45) is 0 Å². The fraction of sp³-hybridized carbons (Fsp3) is 0.0556. The zero-order valence-corrected chi connectivity index (χ0v) is 15.2. The monoisotopic (exact) mass is 385 g/mol. The van der Waals surface area contributed by atoms with Crippen LogP contribution in [0.5, 0.6) is 5.75 Å². The van der Waals surface area contributed by atoms with Gasteiger partial charge in [-0.15, -0.1) is 0 Å². The molecule has 2 aromatic carbocycles. The van der Waals surface area contributed by atoms with Crippen LogP contribution >= 0.6 is 23.2 Å². The summed E-state index contributed by atoms with van der Waals surface area (Å²) in [6.45, 7) is 0. The van der Waals surface area contributed by atoms with Gasteiger partial charge in [-0.25, -0.2) is 14.6 Å². The maximum absolute atomic E-state index is 6.12. The van der Waals surface area contributed by atoms with E-state index in [4.69, 9.17) is 27.9 Å². The van der Waals surface area contributed by atoms with Crippen LogP contribution in [0, 0.1) is 0 Å². The van der Waals surface area contributed by atoms with Gasteiger partial charge in [-0.2, -0.15) is 5.10 Å². The minimum atomic E-state index is 0.455. The van der Waals surface area contributed by atoms with Crippen LogP contribution in [-0.2, 0) is 0 Å². The number of rotatable bonds is 4. The van der Waals surface area contributed by atoms with Gasteiger partial charge in [0.05, 0.1) is 34.4 Å². The molecule has 0 fully saturated rings. The van der Waals surface area contributed by atoms with Crippen molar-refractivity contribution in [3.8, 4) is 11.4 Å². The van der Waals surface area contributed by atoms with Crippen LogP contribution in [0.1, 0.15) is 0 Å². The van der Waals surface area contributed by atoms with Crippen molar-refractivity contribution in [2.75, 3.05) is 12.4 Å². The van der Waals surface area contributed by atoms with Gasteiger partial charge in [0.2, 0.25) is 0 Å². The van der Waals surface area contributed by atoms with Crippen molar-refractivity contribution >= 4 is 45.7 Å². The molecule has 0 unspecified atom stereocenters. The molecule has 0 radical (unpaired) electrons. The Bertz CT molecular complexity index is 1100. The summed E-state index contributed by atoms with van der Waals surface area (Å²) in [4.78, 5) is 8.69. The number of benzene rings is 2. The molecule has 8 heteroatoms. The lowest BCUT2D eigenvalue weighted by molar-refractivity contribution is 0.415. The van der Waals surface area contributed by atoms with Gasteiger partial charge in [-0.3, -0.25) is 0 Å². The summed E-state index contributed by atoms with van der Waals surface area (Å²) in [6, 6.07) is 12.9. The van der Waals surface area contributed by atoms with E-state index in [0.717, 1.165) is 22.5 Å². The van der Waals surface area contributed by atoms with Crippen molar-refractivity contribution in [1.29, 1.82) is 0 Å². The summed E-state index contributed by atoms with van der Waals surface area (Å²) < 4.78 is 6.94. The van der Waals surface area contributed by atoms with E-state index in [1.54, 1.807) is 30.1 Å². The molecule has 0 amide bonds. The highest BCUT2D eigenvalue weighted by molar-refractivity contribution is 6.42.